The largest absolute Gasteiger partial charge is 0.489 e. The van der Waals surface area contributed by atoms with Crippen LogP contribution in [0.5, 0.6) is 5.75 Å². The van der Waals surface area contributed by atoms with Crippen molar-refractivity contribution < 1.29 is 23.5 Å². The maximum absolute atomic E-state index is 13.4. The maximum atomic E-state index is 13.4. The van der Waals surface area contributed by atoms with Crippen molar-refractivity contribution in [3.63, 3.8) is 0 Å². The van der Waals surface area contributed by atoms with Crippen molar-refractivity contribution in [3.8, 4) is 5.75 Å². The molecule has 0 aliphatic carbocycles. The van der Waals surface area contributed by atoms with Gasteiger partial charge in [-0.05, 0) is 37.5 Å². The summed E-state index contributed by atoms with van der Waals surface area (Å²) in [5.74, 6) is 0.235. The zero-order valence-electron chi connectivity index (χ0n) is 16.3. The van der Waals surface area contributed by atoms with Gasteiger partial charge in [-0.25, -0.2) is 4.79 Å². The summed E-state index contributed by atoms with van der Waals surface area (Å²) < 4.78 is 16.8. The van der Waals surface area contributed by atoms with E-state index in [1.165, 1.54) is 7.11 Å². The van der Waals surface area contributed by atoms with Gasteiger partial charge in [0.1, 0.15) is 24.0 Å². The summed E-state index contributed by atoms with van der Waals surface area (Å²) in [6.07, 6.45) is 2.32. The van der Waals surface area contributed by atoms with Gasteiger partial charge in [-0.15, -0.1) is 0 Å². The van der Waals surface area contributed by atoms with Gasteiger partial charge in [0.25, 0.3) is 5.91 Å². The van der Waals surface area contributed by atoms with Gasteiger partial charge in [0.2, 0.25) is 0 Å². The summed E-state index contributed by atoms with van der Waals surface area (Å²) in [7, 11) is 1.35. The molecule has 0 bridgehead atoms. The van der Waals surface area contributed by atoms with E-state index >= 15 is 0 Å². The van der Waals surface area contributed by atoms with E-state index < -0.39 is 12.0 Å². The second-order valence-corrected chi connectivity index (χ2v) is 7.04. The Kier molecular flexibility index (Phi) is 5.51. The van der Waals surface area contributed by atoms with Crippen LogP contribution in [0.15, 0.2) is 59.0 Å². The molecule has 2 heterocycles. The average molecular weight is 393 g/mol. The Morgan fingerprint density at radius 2 is 1.83 bits per heavy atom. The number of carbonyl (C=O) groups excluding carboxylic acids is 2. The highest BCUT2D eigenvalue weighted by Crippen LogP contribution is 2.30. The molecule has 1 fully saturated rings. The number of methoxy groups -OCH3 is 1. The van der Waals surface area contributed by atoms with Crippen LogP contribution in [0.1, 0.15) is 35.4 Å². The number of para-hydroxylation sites is 2. The third-order valence-corrected chi connectivity index (χ3v) is 5.26. The van der Waals surface area contributed by atoms with Gasteiger partial charge in [0.15, 0.2) is 5.76 Å². The number of furan rings is 1. The van der Waals surface area contributed by atoms with Gasteiger partial charge < -0.3 is 18.8 Å². The minimum absolute atomic E-state index is 0.193. The first-order valence-electron chi connectivity index (χ1n) is 9.76. The number of fused-ring (bicyclic) bond motifs is 1. The third-order valence-electron chi connectivity index (χ3n) is 5.26. The molecule has 4 rings (SSSR count). The van der Waals surface area contributed by atoms with Crippen molar-refractivity contribution in [2.75, 3.05) is 13.7 Å². The third kappa shape index (κ3) is 3.83. The predicted octanol–water partition coefficient (Wildman–Crippen LogP) is 4.18. The first-order valence-corrected chi connectivity index (χ1v) is 9.76. The van der Waals surface area contributed by atoms with E-state index in [-0.39, 0.29) is 18.3 Å². The Labute approximate surface area is 169 Å². The molecule has 1 aliphatic heterocycles. The molecule has 29 heavy (non-hydrogen) atoms. The molecule has 0 N–H and O–H groups in total. The first kappa shape index (κ1) is 19.1. The molecule has 150 valence electrons. The zero-order chi connectivity index (χ0) is 20.2. The summed E-state index contributed by atoms with van der Waals surface area (Å²) in [6.45, 7) is 0.688. The van der Waals surface area contributed by atoms with Gasteiger partial charge >= 0.3 is 5.97 Å². The number of hydrogen-bond acceptors (Lipinski definition) is 5. The molecule has 1 unspecified atom stereocenters. The number of piperidine rings is 1. The molecule has 6 heteroatoms. The second-order valence-electron chi connectivity index (χ2n) is 7.04. The summed E-state index contributed by atoms with van der Waals surface area (Å²) in [6, 6.07) is 16.3. The smallest absolute Gasteiger partial charge is 0.328 e. The van der Waals surface area contributed by atoms with Crippen LogP contribution in [0.3, 0.4) is 0 Å². The predicted molar refractivity (Wildman–Crippen MR) is 108 cm³/mol. The van der Waals surface area contributed by atoms with E-state index in [1.807, 2.05) is 54.6 Å². The van der Waals surface area contributed by atoms with Gasteiger partial charge in [-0.2, -0.15) is 0 Å². The minimum Gasteiger partial charge on any atom is -0.489 e. The van der Waals surface area contributed by atoms with Crippen molar-refractivity contribution in [3.05, 3.63) is 65.9 Å². The summed E-state index contributed by atoms with van der Waals surface area (Å²) in [5.41, 5.74) is 1.30. The molecule has 1 saturated heterocycles. The standard InChI is InChI=1S/C23H23NO5/c1-27-23(26)19-12-7-8-14-24(19)22(25)21-18(15-28-16-9-3-2-4-10-16)17-11-5-6-13-20(17)29-21/h2-6,9-11,13,19H,7-8,12,14-15H2,1H3. The lowest BCUT2D eigenvalue weighted by Crippen LogP contribution is -2.48. The molecular formula is C23H23NO5. The fraction of sp³-hybridized carbons (Fsp3) is 0.304. The molecular weight excluding hydrogens is 370 g/mol. The van der Waals surface area contributed by atoms with E-state index in [9.17, 15) is 9.59 Å². The van der Waals surface area contributed by atoms with Crippen LogP contribution in [0.4, 0.5) is 0 Å². The summed E-state index contributed by atoms with van der Waals surface area (Å²) in [5, 5.41) is 0.832. The fourth-order valence-electron chi connectivity index (χ4n) is 3.77. The Balaban J connectivity index is 1.68. The normalized spacial score (nSPS) is 16.6. The van der Waals surface area contributed by atoms with Crippen LogP contribution in [0, 0.1) is 0 Å². The van der Waals surface area contributed by atoms with Crippen LogP contribution < -0.4 is 4.74 Å². The van der Waals surface area contributed by atoms with Crippen molar-refractivity contribution in [2.45, 2.75) is 31.9 Å². The molecule has 2 aromatic carbocycles. The molecule has 0 saturated carbocycles. The van der Waals surface area contributed by atoms with Crippen LogP contribution >= 0.6 is 0 Å². The van der Waals surface area contributed by atoms with E-state index in [1.54, 1.807) is 4.90 Å². The Hall–Kier alpha value is -3.28. The number of rotatable bonds is 5. The lowest BCUT2D eigenvalue weighted by atomic mass is 10.0. The lowest BCUT2D eigenvalue weighted by molar-refractivity contribution is -0.147. The molecule has 6 nitrogen and oxygen atoms in total. The molecule has 1 atom stereocenters. The molecule has 1 amide bonds. The van der Waals surface area contributed by atoms with Gasteiger partial charge in [0, 0.05) is 17.5 Å². The maximum Gasteiger partial charge on any atom is 0.328 e. The molecule has 1 aromatic heterocycles. The highest BCUT2D eigenvalue weighted by molar-refractivity contribution is 6.00. The number of nitrogens with zero attached hydrogens (tertiary/aromatic N) is 1. The Morgan fingerprint density at radius 3 is 2.62 bits per heavy atom. The van der Waals surface area contributed by atoms with Gasteiger partial charge in [0.05, 0.1) is 7.11 Å². The minimum atomic E-state index is -0.586. The fourth-order valence-corrected chi connectivity index (χ4v) is 3.77. The molecule has 1 aliphatic rings. The molecule has 0 radical (unpaired) electrons. The summed E-state index contributed by atoms with van der Waals surface area (Å²) in [4.78, 5) is 27.2. The van der Waals surface area contributed by atoms with E-state index in [0.29, 0.717) is 29.9 Å². The van der Waals surface area contributed by atoms with E-state index in [2.05, 4.69) is 0 Å². The second kappa shape index (κ2) is 8.39. The van der Waals surface area contributed by atoms with Gasteiger partial charge in [-0.1, -0.05) is 36.4 Å². The van der Waals surface area contributed by atoms with E-state index in [4.69, 9.17) is 13.9 Å². The van der Waals surface area contributed by atoms with Crippen molar-refractivity contribution >= 4 is 22.8 Å². The van der Waals surface area contributed by atoms with Crippen LogP contribution in [0.25, 0.3) is 11.0 Å². The number of benzene rings is 2. The number of esters is 1. The van der Waals surface area contributed by atoms with Crippen LogP contribution in [-0.2, 0) is 16.1 Å². The number of likely N-dealkylation sites (tertiary alicyclic amines) is 1. The highest BCUT2D eigenvalue weighted by Gasteiger charge is 2.36. The van der Waals surface area contributed by atoms with Crippen LogP contribution in [0.2, 0.25) is 0 Å². The SMILES string of the molecule is COC(=O)C1CCCCN1C(=O)c1oc2ccccc2c1COc1ccccc1. The summed E-state index contributed by atoms with van der Waals surface area (Å²) >= 11 is 0. The van der Waals surface area contributed by atoms with Gasteiger partial charge in [-0.3, -0.25) is 4.79 Å². The number of ether oxygens (including phenoxy) is 2. The topological polar surface area (TPSA) is 69.0 Å². The van der Waals surface area contributed by atoms with Crippen molar-refractivity contribution in [2.24, 2.45) is 0 Å². The quantitative estimate of drug-likeness (QED) is 0.608. The lowest BCUT2D eigenvalue weighted by Gasteiger charge is -2.33. The Morgan fingerprint density at radius 1 is 1.07 bits per heavy atom. The average Bonchev–Trinajstić information content (AvgIpc) is 3.16. The Bertz CT molecular complexity index is 1010. The van der Waals surface area contributed by atoms with E-state index in [0.717, 1.165) is 18.2 Å². The highest BCUT2D eigenvalue weighted by atomic mass is 16.5. The molecule has 3 aromatic rings. The number of hydrogen-bond donors (Lipinski definition) is 0. The van der Waals surface area contributed by atoms with Crippen LogP contribution in [-0.4, -0.2) is 36.5 Å². The number of carbonyl (C=O) groups is 2. The first-order chi connectivity index (χ1) is 14.2. The zero-order valence-corrected chi connectivity index (χ0v) is 16.3. The monoisotopic (exact) mass is 393 g/mol. The van der Waals surface area contributed by atoms with Crippen molar-refractivity contribution in [1.82, 2.24) is 4.90 Å². The molecule has 0 spiro atoms. The number of amides is 1. The van der Waals surface area contributed by atoms with Crippen molar-refractivity contribution in [1.29, 1.82) is 0 Å².